The van der Waals surface area contributed by atoms with Crippen LogP contribution < -0.4 is 0 Å². The van der Waals surface area contributed by atoms with Gasteiger partial charge in [0, 0.05) is 12.1 Å². The molecule has 1 aliphatic rings. The van der Waals surface area contributed by atoms with E-state index in [0.717, 1.165) is 0 Å². The molecule has 0 unspecified atom stereocenters. The average Bonchev–Trinajstić information content (AvgIpc) is 2.68. The van der Waals surface area contributed by atoms with Crippen molar-refractivity contribution in [3.8, 4) is 0 Å². The Bertz CT molecular complexity index is 665. The summed E-state index contributed by atoms with van der Waals surface area (Å²) in [4.78, 5) is 15.2. The van der Waals surface area contributed by atoms with Gasteiger partial charge in [-0.05, 0) is 13.0 Å². The van der Waals surface area contributed by atoms with E-state index >= 15 is 0 Å². The van der Waals surface area contributed by atoms with Gasteiger partial charge in [0.2, 0.25) is 0 Å². The molecule has 1 aromatic carbocycles. The third-order valence-electron chi connectivity index (χ3n) is 3.15. The third kappa shape index (κ3) is 1.49. The first kappa shape index (κ1) is 11.4. The molecule has 0 spiro atoms. The highest BCUT2D eigenvalue weighted by atomic mass is 35.5. The zero-order valence-electron chi connectivity index (χ0n) is 9.64. The lowest BCUT2D eigenvalue weighted by Gasteiger charge is -2.15. The van der Waals surface area contributed by atoms with Crippen molar-refractivity contribution in [3.05, 3.63) is 32.6 Å². The molecule has 94 valence electrons. The number of fused-ring (bicyclic) bond motifs is 3. The Morgan fingerprint density at radius 2 is 2.39 bits per heavy atom. The standard InChI is InChI=1S/C11H10ClN3O3/c1-6-7(12)4-8-11(10(6)15(16)17)14-2-3-18-5-9(14)13-8/h4H,2-3,5H2,1H3. The number of aromatic nitrogens is 2. The molecule has 1 aromatic heterocycles. The van der Waals surface area contributed by atoms with Crippen LogP contribution in [0.5, 0.6) is 0 Å². The summed E-state index contributed by atoms with van der Waals surface area (Å²) in [5.74, 6) is 0.709. The first-order chi connectivity index (χ1) is 8.59. The zero-order chi connectivity index (χ0) is 12.9. The molecular weight excluding hydrogens is 258 g/mol. The van der Waals surface area contributed by atoms with E-state index in [1.165, 1.54) is 0 Å². The topological polar surface area (TPSA) is 70.2 Å². The predicted molar refractivity (Wildman–Crippen MR) is 65.8 cm³/mol. The smallest absolute Gasteiger partial charge is 0.299 e. The monoisotopic (exact) mass is 267 g/mol. The van der Waals surface area contributed by atoms with Crippen molar-refractivity contribution in [1.82, 2.24) is 9.55 Å². The largest absolute Gasteiger partial charge is 0.372 e. The molecule has 18 heavy (non-hydrogen) atoms. The van der Waals surface area contributed by atoms with Gasteiger partial charge in [0.25, 0.3) is 5.69 Å². The van der Waals surface area contributed by atoms with Gasteiger partial charge >= 0.3 is 0 Å². The second kappa shape index (κ2) is 3.93. The van der Waals surface area contributed by atoms with Crippen LogP contribution >= 0.6 is 11.6 Å². The van der Waals surface area contributed by atoms with Crippen LogP contribution in [0.1, 0.15) is 11.4 Å². The summed E-state index contributed by atoms with van der Waals surface area (Å²) >= 11 is 6.02. The zero-order valence-corrected chi connectivity index (χ0v) is 10.4. The maximum absolute atomic E-state index is 11.2. The number of nitrogens with zero attached hydrogens (tertiary/aromatic N) is 3. The summed E-state index contributed by atoms with van der Waals surface area (Å²) in [5, 5.41) is 11.6. The fourth-order valence-corrected chi connectivity index (χ4v) is 2.48. The van der Waals surface area contributed by atoms with Gasteiger partial charge in [0.15, 0.2) is 0 Å². The molecule has 0 saturated heterocycles. The van der Waals surface area contributed by atoms with Crippen molar-refractivity contribution < 1.29 is 9.66 Å². The number of hydrogen-bond donors (Lipinski definition) is 0. The van der Waals surface area contributed by atoms with Crippen LogP contribution in [0, 0.1) is 17.0 Å². The van der Waals surface area contributed by atoms with E-state index in [9.17, 15) is 10.1 Å². The lowest BCUT2D eigenvalue weighted by Crippen LogP contribution is -2.17. The number of nitro benzene ring substituents is 1. The number of nitro groups is 1. The first-order valence-corrected chi connectivity index (χ1v) is 5.87. The van der Waals surface area contributed by atoms with Gasteiger partial charge in [-0.25, -0.2) is 4.98 Å². The molecule has 0 atom stereocenters. The van der Waals surface area contributed by atoms with Gasteiger partial charge in [0.05, 0.1) is 22.1 Å². The average molecular weight is 268 g/mol. The molecule has 0 aliphatic carbocycles. The lowest BCUT2D eigenvalue weighted by atomic mass is 10.1. The van der Waals surface area contributed by atoms with Crippen molar-refractivity contribution in [2.75, 3.05) is 6.61 Å². The summed E-state index contributed by atoms with van der Waals surface area (Å²) < 4.78 is 7.15. The molecule has 7 heteroatoms. The number of imidazole rings is 1. The maximum atomic E-state index is 11.2. The molecule has 0 radical (unpaired) electrons. The first-order valence-electron chi connectivity index (χ1n) is 5.50. The molecule has 1 aliphatic heterocycles. The van der Waals surface area contributed by atoms with Gasteiger partial charge in [0.1, 0.15) is 17.9 Å². The molecule has 0 bridgehead atoms. The number of ether oxygens (including phenoxy) is 1. The molecular formula is C11H10ClN3O3. The minimum Gasteiger partial charge on any atom is -0.372 e. The van der Waals surface area contributed by atoms with E-state index in [4.69, 9.17) is 16.3 Å². The van der Waals surface area contributed by atoms with E-state index in [2.05, 4.69) is 4.98 Å². The normalized spacial score (nSPS) is 14.8. The number of rotatable bonds is 1. The molecule has 2 heterocycles. The van der Waals surface area contributed by atoms with Gasteiger partial charge in [-0.3, -0.25) is 10.1 Å². The van der Waals surface area contributed by atoms with Crippen LogP contribution in [0.3, 0.4) is 0 Å². The summed E-state index contributed by atoms with van der Waals surface area (Å²) in [6.07, 6.45) is 0. The maximum Gasteiger partial charge on any atom is 0.299 e. The van der Waals surface area contributed by atoms with Gasteiger partial charge < -0.3 is 9.30 Å². The highest BCUT2D eigenvalue weighted by Gasteiger charge is 2.26. The Kier molecular flexibility index (Phi) is 2.49. The minimum absolute atomic E-state index is 0.0400. The SMILES string of the molecule is Cc1c(Cl)cc2nc3n(c2c1[N+](=O)[O-])CCOC3. The van der Waals surface area contributed by atoms with Crippen LogP contribution in [0.2, 0.25) is 5.02 Å². The Labute approximate surface area is 107 Å². The van der Waals surface area contributed by atoms with E-state index in [1.54, 1.807) is 13.0 Å². The quantitative estimate of drug-likeness (QED) is 0.588. The molecule has 0 amide bonds. The molecule has 0 N–H and O–H groups in total. The second-order valence-electron chi connectivity index (χ2n) is 4.19. The Hall–Kier alpha value is -1.66. The minimum atomic E-state index is -0.395. The predicted octanol–water partition coefficient (Wildman–Crippen LogP) is 2.44. The van der Waals surface area contributed by atoms with Crippen molar-refractivity contribution in [2.45, 2.75) is 20.1 Å². The van der Waals surface area contributed by atoms with Crippen molar-refractivity contribution in [3.63, 3.8) is 0 Å². The van der Waals surface area contributed by atoms with Crippen molar-refractivity contribution in [1.29, 1.82) is 0 Å². The van der Waals surface area contributed by atoms with Crippen LogP contribution in [0.15, 0.2) is 6.07 Å². The van der Waals surface area contributed by atoms with Crippen molar-refractivity contribution >= 4 is 28.3 Å². The van der Waals surface area contributed by atoms with Crippen LogP contribution in [-0.4, -0.2) is 21.1 Å². The molecule has 6 nitrogen and oxygen atoms in total. The molecule has 2 aromatic rings. The Morgan fingerprint density at radius 1 is 1.61 bits per heavy atom. The Morgan fingerprint density at radius 3 is 3.11 bits per heavy atom. The van der Waals surface area contributed by atoms with Gasteiger partial charge in [-0.2, -0.15) is 0 Å². The molecule has 0 fully saturated rings. The number of halogens is 1. The van der Waals surface area contributed by atoms with E-state index < -0.39 is 4.92 Å². The molecule has 3 rings (SSSR count). The summed E-state index contributed by atoms with van der Waals surface area (Å²) in [6, 6.07) is 1.67. The van der Waals surface area contributed by atoms with Crippen LogP contribution in [-0.2, 0) is 17.9 Å². The van der Waals surface area contributed by atoms with E-state index in [0.29, 0.717) is 47.2 Å². The fraction of sp³-hybridized carbons (Fsp3) is 0.364. The van der Waals surface area contributed by atoms with E-state index in [1.807, 2.05) is 4.57 Å². The number of benzene rings is 1. The summed E-state index contributed by atoms with van der Waals surface area (Å²) in [5.41, 5.74) is 1.61. The third-order valence-corrected chi connectivity index (χ3v) is 3.54. The second-order valence-corrected chi connectivity index (χ2v) is 4.60. The van der Waals surface area contributed by atoms with Gasteiger partial charge in [-0.15, -0.1) is 0 Å². The van der Waals surface area contributed by atoms with Crippen LogP contribution in [0.25, 0.3) is 11.0 Å². The van der Waals surface area contributed by atoms with E-state index in [-0.39, 0.29) is 5.69 Å². The van der Waals surface area contributed by atoms with Gasteiger partial charge in [-0.1, -0.05) is 11.6 Å². The van der Waals surface area contributed by atoms with Crippen molar-refractivity contribution in [2.24, 2.45) is 0 Å². The molecule has 0 saturated carbocycles. The van der Waals surface area contributed by atoms with Crippen LogP contribution in [0.4, 0.5) is 5.69 Å². The Balaban J connectivity index is 2.44. The number of hydrogen-bond acceptors (Lipinski definition) is 4. The summed E-state index contributed by atoms with van der Waals surface area (Å²) in [7, 11) is 0. The highest BCUT2D eigenvalue weighted by Crippen LogP contribution is 2.35. The summed E-state index contributed by atoms with van der Waals surface area (Å²) in [6.45, 7) is 3.15. The fourth-order valence-electron chi connectivity index (χ4n) is 2.28. The lowest BCUT2D eigenvalue weighted by molar-refractivity contribution is -0.383. The highest BCUT2D eigenvalue weighted by molar-refractivity contribution is 6.32.